The lowest BCUT2D eigenvalue weighted by Crippen LogP contribution is -2.31. The maximum absolute atomic E-state index is 13.8. The van der Waals surface area contributed by atoms with Crippen LogP contribution in [0.1, 0.15) is 43.2 Å². The van der Waals surface area contributed by atoms with E-state index in [9.17, 15) is 19.0 Å². The van der Waals surface area contributed by atoms with Crippen LogP contribution >= 0.6 is 0 Å². The number of halogens is 2. The number of benzene rings is 2. The number of rotatable bonds is 3. The van der Waals surface area contributed by atoms with Gasteiger partial charge in [-0.3, -0.25) is 0 Å². The Morgan fingerprint density at radius 2 is 1.43 bits per heavy atom. The fourth-order valence-corrected chi connectivity index (χ4v) is 3.68. The van der Waals surface area contributed by atoms with Gasteiger partial charge in [-0.1, -0.05) is 31.4 Å². The summed E-state index contributed by atoms with van der Waals surface area (Å²) < 4.78 is 27.5. The molecule has 122 valence electrons. The third kappa shape index (κ3) is 3.16. The zero-order valence-electron chi connectivity index (χ0n) is 12.9. The van der Waals surface area contributed by atoms with E-state index >= 15 is 0 Å². The molecule has 0 amide bonds. The Hall–Kier alpha value is -2.10. The summed E-state index contributed by atoms with van der Waals surface area (Å²) in [6, 6.07) is 8.98. The molecule has 1 saturated carbocycles. The second-order valence-electron chi connectivity index (χ2n) is 6.47. The molecule has 1 aliphatic carbocycles. The smallest absolute Gasteiger partial charge is 0.165 e. The first-order valence-electron chi connectivity index (χ1n) is 7.97. The standard InChI is InChI=1S/C19H20F2O2/c20-15-10-13(4-6-17(15)22)12-19(8-2-1-3-9-19)14-5-7-18(23)16(21)11-14/h4-7,10-11,22-23H,1-3,8-9,12H2. The molecule has 23 heavy (non-hydrogen) atoms. The monoisotopic (exact) mass is 318 g/mol. The molecule has 0 unspecified atom stereocenters. The van der Waals surface area contributed by atoms with Crippen molar-refractivity contribution in [1.29, 1.82) is 0 Å². The van der Waals surface area contributed by atoms with Crippen LogP contribution in [0.2, 0.25) is 0 Å². The highest BCUT2D eigenvalue weighted by atomic mass is 19.1. The lowest BCUT2D eigenvalue weighted by molar-refractivity contribution is 0.288. The molecule has 0 bridgehead atoms. The maximum atomic E-state index is 13.8. The molecule has 0 radical (unpaired) electrons. The molecule has 1 aliphatic rings. The van der Waals surface area contributed by atoms with Crippen molar-refractivity contribution in [2.24, 2.45) is 0 Å². The molecule has 3 rings (SSSR count). The van der Waals surface area contributed by atoms with Gasteiger partial charge in [-0.25, -0.2) is 8.78 Å². The second-order valence-corrected chi connectivity index (χ2v) is 6.47. The molecular formula is C19H20F2O2. The molecule has 0 heterocycles. The van der Waals surface area contributed by atoms with Gasteiger partial charge in [0.25, 0.3) is 0 Å². The van der Waals surface area contributed by atoms with E-state index in [0.717, 1.165) is 43.2 Å². The van der Waals surface area contributed by atoms with Crippen molar-refractivity contribution >= 4 is 0 Å². The first kappa shape index (κ1) is 15.8. The van der Waals surface area contributed by atoms with Gasteiger partial charge in [0.2, 0.25) is 0 Å². The third-order valence-corrected chi connectivity index (χ3v) is 4.93. The first-order valence-corrected chi connectivity index (χ1v) is 7.97. The highest BCUT2D eigenvalue weighted by Crippen LogP contribution is 2.43. The summed E-state index contributed by atoms with van der Waals surface area (Å²) in [5.74, 6) is -1.97. The average Bonchev–Trinajstić information content (AvgIpc) is 2.54. The van der Waals surface area contributed by atoms with E-state index < -0.39 is 11.6 Å². The molecular weight excluding hydrogens is 298 g/mol. The minimum absolute atomic E-state index is 0.254. The Bertz CT molecular complexity index is 707. The van der Waals surface area contributed by atoms with Crippen LogP contribution in [0.15, 0.2) is 36.4 Å². The summed E-state index contributed by atoms with van der Waals surface area (Å²) in [4.78, 5) is 0. The topological polar surface area (TPSA) is 40.5 Å². The van der Waals surface area contributed by atoms with Gasteiger partial charge >= 0.3 is 0 Å². The van der Waals surface area contributed by atoms with Crippen molar-refractivity contribution in [3.8, 4) is 11.5 Å². The van der Waals surface area contributed by atoms with Crippen LogP contribution < -0.4 is 0 Å². The van der Waals surface area contributed by atoms with Crippen LogP contribution in [-0.4, -0.2) is 10.2 Å². The minimum atomic E-state index is -0.634. The van der Waals surface area contributed by atoms with Crippen LogP contribution in [-0.2, 0) is 11.8 Å². The molecule has 0 aliphatic heterocycles. The van der Waals surface area contributed by atoms with Crippen molar-refractivity contribution in [3.05, 3.63) is 59.2 Å². The van der Waals surface area contributed by atoms with E-state index in [1.807, 2.05) is 0 Å². The third-order valence-electron chi connectivity index (χ3n) is 4.93. The Kier molecular flexibility index (Phi) is 4.24. The quantitative estimate of drug-likeness (QED) is 0.851. The largest absolute Gasteiger partial charge is 0.505 e. The summed E-state index contributed by atoms with van der Waals surface area (Å²) >= 11 is 0. The number of phenols is 2. The average molecular weight is 318 g/mol. The van der Waals surface area contributed by atoms with Crippen LogP contribution in [0.4, 0.5) is 8.78 Å². The molecule has 1 fully saturated rings. The normalized spacial score (nSPS) is 17.1. The zero-order valence-corrected chi connectivity index (χ0v) is 12.9. The molecule has 0 atom stereocenters. The van der Waals surface area contributed by atoms with Crippen molar-refractivity contribution < 1.29 is 19.0 Å². The van der Waals surface area contributed by atoms with Crippen LogP contribution in [0, 0.1) is 11.6 Å². The number of hydrogen-bond donors (Lipinski definition) is 2. The van der Waals surface area contributed by atoms with Gasteiger partial charge in [0.05, 0.1) is 0 Å². The molecule has 0 aromatic heterocycles. The molecule has 2 N–H and O–H groups in total. The number of aromatic hydroxyl groups is 2. The Morgan fingerprint density at radius 1 is 0.826 bits per heavy atom. The SMILES string of the molecule is Oc1ccc(CC2(c3ccc(O)c(F)c3)CCCCC2)cc1F. The summed E-state index contributed by atoms with van der Waals surface area (Å²) in [6.07, 6.45) is 5.63. The molecule has 2 aromatic carbocycles. The van der Waals surface area contributed by atoms with E-state index in [0.29, 0.717) is 6.42 Å². The van der Waals surface area contributed by atoms with Crippen LogP contribution in [0.5, 0.6) is 11.5 Å². The van der Waals surface area contributed by atoms with Crippen molar-refractivity contribution in [1.82, 2.24) is 0 Å². The fourth-order valence-electron chi connectivity index (χ4n) is 3.68. The lowest BCUT2D eigenvalue weighted by atomic mass is 9.66. The van der Waals surface area contributed by atoms with E-state index in [-0.39, 0.29) is 16.9 Å². The summed E-state index contributed by atoms with van der Waals surface area (Å²) in [7, 11) is 0. The van der Waals surface area contributed by atoms with Crippen LogP contribution in [0.3, 0.4) is 0 Å². The fraction of sp³-hybridized carbons (Fsp3) is 0.368. The van der Waals surface area contributed by atoms with Gasteiger partial charge in [0, 0.05) is 0 Å². The molecule has 0 saturated heterocycles. The van der Waals surface area contributed by atoms with E-state index in [4.69, 9.17) is 0 Å². The van der Waals surface area contributed by atoms with Gasteiger partial charge in [0.15, 0.2) is 23.1 Å². The molecule has 2 nitrogen and oxygen atoms in total. The van der Waals surface area contributed by atoms with Gasteiger partial charge < -0.3 is 10.2 Å². The van der Waals surface area contributed by atoms with Crippen molar-refractivity contribution in [2.45, 2.75) is 43.9 Å². The van der Waals surface area contributed by atoms with Gasteiger partial charge in [-0.15, -0.1) is 0 Å². The predicted octanol–water partition coefficient (Wildman–Crippen LogP) is 4.82. The molecule has 4 heteroatoms. The Morgan fingerprint density at radius 3 is 2.04 bits per heavy atom. The van der Waals surface area contributed by atoms with Crippen molar-refractivity contribution in [2.75, 3.05) is 0 Å². The summed E-state index contributed by atoms with van der Waals surface area (Å²) in [5, 5.41) is 18.8. The Balaban J connectivity index is 1.98. The summed E-state index contributed by atoms with van der Waals surface area (Å²) in [6.45, 7) is 0. The molecule has 2 aromatic rings. The number of phenolic OH excluding ortho intramolecular Hbond substituents is 2. The number of hydrogen-bond acceptors (Lipinski definition) is 2. The highest BCUT2D eigenvalue weighted by Gasteiger charge is 2.34. The predicted molar refractivity (Wildman–Crippen MR) is 84.6 cm³/mol. The second kappa shape index (κ2) is 6.19. The minimum Gasteiger partial charge on any atom is -0.505 e. The van der Waals surface area contributed by atoms with Gasteiger partial charge in [0.1, 0.15) is 0 Å². The summed E-state index contributed by atoms with van der Waals surface area (Å²) in [5.41, 5.74) is 1.38. The maximum Gasteiger partial charge on any atom is 0.165 e. The zero-order chi connectivity index (χ0) is 16.4. The van der Waals surface area contributed by atoms with E-state index in [1.165, 1.54) is 24.3 Å². The van der Waals surface area contributed by atoms with E-state index in [2.05, 4.69) is 0 Å². The first-order chi connectivity index (χ1) is 11.0. The Labute approximate surface area is 134 Å². The van der Waals surface area contributed by atoms with Gasteiger partial charge in [-0.2, -0.15) is 0 Å². The van der Waals surface area contributed by atoms with Gasteiger partial charge in [-0.05, 0) is 60.1 Å². The molecule has 0 spiro atoms. The highest BCUT2D eigenvalue weighted by molar-refractivity contribution is 5.36. The van der Waals surface area contributed by atoms with Crippen molar-refractivity contribution in [3.63, 3.8) is 0 Å². The van der Waals surface area contributed by atoms with Crippen LogP contribution in [0.25, 0.3) is 0 Å². The van der Waals surface area contributed by atoms with E-state index in [1.54, 1.807) is 12.1 Å². The lowest BCUT2D eigenvalue weighted by Gasteiger charge is -2.38.